The van der Waals surface area contributed by atoms with Gasteiger partial charge >= 0.3 is 0 Å². The molecule has 1 atom stereocenters. The number of ether oxygens (including phenoxy) is 1. The van der Waals surface area contributed by atoms with Crippen molar-refractivity contribution in [3.05, 3.63) is 87.9 Å². The number of likely N-dealkylation sites (N-methyl/N-ethyl adjacent to an activating group) is 1. The summed E-state index contributed by atoms with van der Waals surface area (Å²) >= 11 is 1.62. The van der Waals surface area contributed by atoms with Crippen molar-refractivity contribution in [3.8, 4) is 5.75 Å². The first kappa shape index (κ1) is 24.1. The third-order valence-corrected chi connectivity index (χ3v) is 6.74. The molecule has 0 bridgehead atoms. The van der Waals surface area contributed by atoms with Gasteiger partial charge in [-0.05, 0) is 43.3 Å². The Labute approximate surface area is 205 Å². The lowest BCUT2D eigenvalue weighted by molar-refractivity contribution is -0.117. The van der Waals surface area contributed by atoms with Crippen LogP contribution in [0, 0.1) is 6.92 Å². The zero-order valence-electron chi connectivity index (χ0n) is 19.8. The predicted molar refractivity (Wildman–Crippen MR) is 138 cm³/mol. The number of benzene rings is 2. The smallest absolute Gasteiger partial charge is 0.244 e. The molecule has 1 fully saturated rings. The molecule has 0 saturated carbocycles. The van der Waals surface area contributed by atoms with E-state index in [1.165, 1.54) is 0 Å². The van der Waals surface area contributed by atoms with Crippen LogP contribution < -0.4 is 10.1 Å². The van der Waals surface area contributed by atoms with Gasteiger partial charge in [-0.15, -0.1) is 11.3 Å². The molecule has 1 saturated heterocycles. The van der Waals surface area contributed by atoms with Crippen LogP contribution in [0.5, 0.6) is 5.75 Å². The molecule has 1 aliphatic rings. The largest absolute Gasteiger partial charge is 0.487 e. The summed E-state index contributed by atoms with van der Waals surface area (Å²) in [6.07, 6.45) is 3.44. The normalized spacial score (nSPS) is 15.9. The second-order valence-electron chi connectivity index (χ2n) is 8.62. The summed E-state index contributed by atoms with van der Waals surface area (Å²) < 4.78 is 5.80. The fourth-order valence-corrected chi connectivity index (χ4v) is 4.50. The standard InChI is InChI=1S/C27H32N4O2S/c1-21-28-24(20-34-21)19-33-25-11-8-22(9-12-25)10-13-27(32)29-26(23-6-4-3-5-7-23)18-31-16-14-30(2)15-17-31/h3-13,20,26H,14-19H2,1-2H3,(H,29,32)/b13-10+. The monoisotopic (exact) mass is 476 g/mol. The second kappa shape index (κ2) is 11.9. The predicted octanol–water partition coefficient (Wildman–Crippen LogP) is 4.15. The average molecular weight is 477 g/mol. The number of rotatable bonds is 9. The van der Waals surface area contributed by atoms with E-state index < -0.39 is 0 Å². The SMILES string of the molecule is Cc1nc(COc2ccc(/C=C/C(=O)NC(CN3CCN(C)CC3)c3ccccc3)cc2)cs1. The van der Waals surface area contributed by atoms with E-state index in [-0.39, 0.29) is 11.9 Å². The molecule has 1 amide bonds. The van der Waals surface area contributed by atoms with Crippen molar-refractivity contribution >= 4 is 23.3 Å². The minimum Gasteiger partial charge on any atom is -0.487 e. The van der Waals surface area contributed by atoms with Crippen LogP contribution in [0.25, 0.3) is 6.08 Å². The summed E-state index contributed by atoms with van der Waals surface area (Å²) in [6, 6.07) is 17.9. The van der Waals surface area contributed by atoms with E-state index in [0.29, 0.717) is 6.61 Å². The summed E-state index contributed by atoms with van der Waals surface area (Å²) in [5.41, 5.74) is 3.01. The molecule has 178 valence electrons. The number of aromatic nitrogens is 1. The van der Waals surface area contributed by atoms with E-state index in [0.717, 1.165) is 60.3 Å². The lowest BCUT2D eigenvalue weighted by Gasteiger charge is -2.34. The molecular formula is C27H32N4O2S. The van der Waals surface area contributed by atoms with Gasteiger partial charge in [0.1, 0.15) is 12.4 Å². The Morgan fingerprint density at radius 1 is 1.12 bits per heavy atom. The summed E-state index contributed by atoms with van der Waals surface area (Å²) in [7, 11) is 2.15. The lowest BCUT2D eigenvalue weighted by atomic mass is 10.1. The number of piperazine rings is 1. The fraction of sp³-hybridized carbons (Fsp3) is 0.333. The van der Waals surface area contributed by atoms with Crippen molar-refractivity contribution < 1.29 is 9.53 Å². The molecule has 1 aliphatic heterocycles. The molecule has 0 spiro atoms. The van der Waals surface area contributed by atoms with Crippen LogP contribution in [-0.2, 0) is 11.4 Å². The molecule has 2 heterocycles. The molecule has 1 unspecified atom stereocenters. The van der Waals surface area contributed by atoms with Gasteiger partial charge in [0.05, 0.1) is 16.7 Å². The van der Waals surface area contributed by atoms with Crippen molar-refractivity contribution in [2.24, 2.45) is 0 Å². The topological polar surface area (TPSA) is 57.7 Å². The molecule has 0 radical (unpaired) electrons. The van der Waals surface area contributed by atoms with Crippen molar-refractivity contribution in [1.82, 2.24) is 20.1 Å². The third-order valence-electron chi connectivity index (χ3n) is 5.92. The van der Waals surface area contributed by atoms with Crippen molar-refractivity contribution in [2.75, 3.05) is 39.8 Å². The van der Waals surface area contributed by atoms with Crippen LogP contribution in [0.2, 0.25) is 0 Å². The molecule has 1 N–H and O–H groups in total. The molecule has 4 rings (SSSR count). The van der Waals surface area contributed by atoms with Gasteiger partial charge in [-0.25, -0.2) is 4.98 Å². The van der Waals surface area contributed by atoms with Crippen LogP contribution in [-0.4, -0.2) is 60.5 Å². The molecular weight excluding hydrogens is 444 g/mol. The highest BCUT2D eigenvalue weighted by Gasteiger charge is 2.20. The van der Waals surface area contributed by atoms with E-state index in [4.69, 9.17) is 4.74 Å². The van der Waals surface area contributed by atoms with Crippen LogP contribution in [0.1, 0.15) is 27.9 Å². The Bertz CT molecular complexity index is 1070. The summed E-state index contributed by atoms with van der Waals surface area (Å²) in [6.45, 7) is 7.39. The van der Waals surface area contributed by atoms with Gasteiger partial charge < -0.3 is 15.0 Å². The number of carbonyl (C=O) groups excluding carboxylic acids is 1. The van der Waals surface area contributed by atoms with Gasteiger partial charge in [-0.3, -0.25) is 9.69 Å². The van der Waals surface area contributed by atoms with Gasteiger partial charge in [0, 0.05) is 44.2 Å². The van der Waals surface area contributed by atoms with E-state index >= 15 is 0 Å². The van der Waals surface area contributed by atoms with Gasteiger partial charge in [-0.2, -0.15) is 0 Å². The maximum Gasteiger partial charge on any atom is 0.244 e. The van der Waals surface area contributed by atoms with Crippen molar-refractivity contribution in [3.63, 3.8) is 0 Å². The first-order valence-corrected chi connectivity index (χ1v) is 12.5. The number of carbonyl (C=O) groups is 1. The maximum absolute atomic E-state index is 12.8. The Morgan fingerprint density at radius 2 is 1.85 bits per heavy atom. The number of hydrogen-bond acceptors (Lipinski definition) is 6. The van der Waals surface area contributed by atoms with Crippen molar-refractivity contribution in [1.29, 1.82) is 0 Å². The summed E-state index contributed by atoms with van der Waals surface area (Å²) in [4.78, 5) is 21.9. The number of hydrogen-bond donors (Lipinski definition) is 1. The van der Waals surface area contributed by atoms with Crippen LogP contribution in [0.15, 0.2) is 66.1 Å². The van der Waals surface area contributed by atoms with Gasteiger partial charge in [0.15, 0.2) is 0 Å². The summed E-state index contributed by atoms with van der Waals surface area (Å²) in [5, 5.41) is 6.25. The molecule has 1 aromatic heterocycles. The van der Waals surface area contributed by atoms with Crippen LogP contribution >= 0.6 is 11.3 Å². The summed E-state index contributed by atoms with van der Waals surface area (Å²) in [5.74, 6) is 0.686. The minimum absolute atomic E-state index is 0.0492. The Hall–Kier alpha value is -3.00. The molecule has 0 aliphatic carbocycles. The van der Waals surface area contributed by atoms with Gasteiger partial charge in [0.2, 0.25) is 5.91 Å². The number of thiazole rings is 1. The number of nitrogens with one attached hydrogen (secondary N) is 1. The highest BCUT2D eigenvalue weighted by molar-refractivity contribution is 7.09. The average Bonchev–Trinajstić information content (AvgIpc) is 3.28. The molecule has 7 heteroatoms. The van der Waals surface area contributed by atoms with E-state index in [9.17, 15) is 4.79 Å². The number of aryl methyl sites for hydroxylation is 1. The van der Waals surface area contributed by atoms with E-state index in [1.54, 1.807) is 17.4 Å². The van der Waals surface area contributed by atoms with Crippen LogP contribution in [0.3, 0.4) is 0 Å². The number of amides is 1. The first-order valence-electron chi connectivity index (χ1n) is 11.6. The highest BCUT2D eigenvalue weighted by Crippen LogP contribution is 2.18. The Kier molecular flexibility index (Phi) is 8.46. The van der Waals surface area contributed by atoms with Gasteiger partial charge in [-0.1, -0.05) is 42.5 Å². The van der Waals surface area contributed by atoms with Crippen LogP contribution in [0.4, 0.5) is 0 Å². The lowest BCUT2D eigenvalue weighted by Crippen LogP contribution is -2.47. The zero-order valence-corrected chi connectivity index (χ0v) is 20.6. The van der Waals surface area contributed by atoms with Gasteiger partial charge in [0.25, 0.3) is 0 Å². The highest BCUT2D eigenvalue weighted by atomic mass is 32.1. The quantitative estimate of drug-likeness (QED) is 0.470. The molecule has 6 nitrogen and oxygen atoms in total. The number of nitrogens with zero attached hydrogens (tertiary/aromatic N) is 3. The van der Waals surface area contributed by atoms with Crippen molar-refractivity contribution in [2.45, 2.75) is 19.6 Å². The Balaban J connectivity index is 1.32. The zero-order chi connectivity index (χ0) is 23.8. The maximum atomic E-state index is 12.8. The first-order chi connectivity index (χ1) is 16.5. The second-order valence-corrected chi connectivity index (χ2v) is 9.69. The van der Waals surface area contributed by atoms with E-state index in [2.05, 4.69) is 39.3 Å². The molecule has 34 heavy (non-hydrogen) atoms. The van der Waals surface area contributed by atoms with E-state index in [1.807, 2.05) is 60.8 Å². The third kappa shape index (κ3) is 7.25. The fourth-order valence-electron chi connectivity index (χ4n) is 3.91. The molecule has 2 aromatic carbocycles. The minimum atomic E-state index is -0.0952. The molecule has 3 aromatic rings. The Morgan fingerprint density at radius 3 is 2.53 bits per heavy atom.